The Kier molecular flexibility index (Phi) is 6.98. The van der Waals surface area contributed by atoms with Gasteiger partial charge in [0, 0.05) is 35.2 Å². The molecule has 0 fully saturated rings. The number of benzene rings is 2. The van der Waals surface area contributed by atoms with E-state index in [-0.39, 0.29) is 24.1 Å². The largest absolute Gasteiger partial charge is 0.451 e. The van der Waals surface area contributed by atoms with E-state index in [1.54, 1.807) is 37.3 Å². The summed E-state index contributed by atoms with van der Waals surface area (Å²) in [6.45, 7) is 3.88. The fourth-order valence-corrected chi connectivity index (χ4v) is 2.88. The molecule has 1 N–H and O–H groups in total. The third-order valence-electron chi connectivity index (χ3n) is 4.48. The molecular formula is C23H23NO6. The molecule has 0 saturated carbocycles. The molecule has 1 heterocycles. The smallest absolute Gasteiger partial charge is 0.375 e. The van der Waals surface area contributed by atoms with Crippen LogP contribution in [-0.4, -0.2) is 30.9 Å². The van der Waals surface area contributed by atoms with Crippen molar-refractivity contribution in [2.75, 3.05) is 18.5 Å². The maximum atomic E-state index is 12.6. The minimum atomic E-state index is -0.721. The summed E-state index contributed by atoms with van der Waals surface area (Å²) in [4.78, 5) is 36.4. The van der Waals surface area contributed by atoms with Gasteiger partial charge in [0.2, 0.25) is 11.7 Å². The van der Waals surface area contributed by atoms with Gasteiger partial charge in [-0.1, -0.05) is 25.1 Å². The van der Waals surface area contributed by atoms with Crippen molar-refractivity contribution >= 4 is 34.3 Å². The van der Waals surface area contributed by atoms with E-state index >= 15 is 0 Å². The van der Waals surface area contributed by atoms with Crippen molar-refractivity contribution in [2.24, 2.45) is 0 Å². The fourth-order valence-electron chi connectivity index (χ4n) is 2.88. The topological polar surface area (TPSA) is 94.8 Å². The number of hydrogen-bond acceptors (Lipinski definition) is 6. The van der Waals surface area contributed by atoms with Gasteiger partial charge in [-0.25, -0.2) is 4.79 Å². The highest BCUT2D eigenvalue weighted by Gasteiger charge is 2.23. The number of fused-ring (bicyclic) bond motifs is 1. The number of amides is 1. The van der Waals surface area contributed by atoms with Crippen LogP contribution in [0.2, 0.25) is 0 Å². The molecule has 0 spiro atoms. The number of furan rings is 1. The summed E-state index contributed by atoms with van der Waals surface area (Å²) in [6, 6.07) is 13.6. The molecule has 7 nitrogen and oxygen atoms in total. The van der Waals surface area contributed by atoms with Crippen LogP contribution in [0.1, 0.15) is 46.7 Å². The summed E-state index contributed by atoms with van der Waals surface area (Å²) in [5.41, 5.74) is 2.12. The van der Waals surface area contributed by atoms with Crippen LogP contribution < -0.4 is 5.32 Å². The van der Waals surface area contributed by atoms with Crippen molar-refractivity contribution in [3.63, 3.8) is 0 Å². The molecule has 0 atom stereocenters. The number of ether oxygens (including phenoxy) is 2. The molecule has 0 aliphatic rings. The highest BCUT2D eigenvalue weighted by Crippen LogP contribution is 2.27. The van der Waals surface area contributed by atoms with Gasteiger partial charge in [-0.3, -0.25) is 9.59 Å². The van der Waals surface area contributed by atoms with Gasteiger partial charge in [0.1, 0.15) is 5.58 Å². The molecular weight excluding hydrogens is 386 g/mol. The molecule has 1 amide bonds. The number of carbonyl (C=O) groups is 3. The maximum absolute atomic E-state index is 12.6. The summed E-state index contributed by atoms with van der Waals surface area (Å²) in [5, 5.41) is 3.48. The minimum Gasteiger partial charge on any atom is -0.451 e. The lowest BCUT2D eigenvalue weighted by atomic mass is 10.1. The number of carbonyl (C=O) groups excluding carboxylic acids is 3. The van der Waals surface area contributed by atoms with Crippen molar-refractivity contribution in [3.8, 4) is 0 Å². The van der Waals surface area contributed by atoms with E-state index in [1.165, 1.54) is 0 Å². The second kappa shape index (κ2) is 9.84. The Morgan fingerprint density at radius 1 is 1.00 bits per heavy atom. The summed E-state index contributed by atoms with van der Waals surface area (Å²) in [6.07, 6.45) is 0.365. The normalized spacial score (nSPS) is 10.7. The summed E-state index contributed by atoms with van der Waals surface area (Å²) < 4.78 is 16.3. The average molecular weight is 409 g/mol. The number of nitrogens with one attached hydrogen (secondary N) is 1. The quantitative estimate of drug-likeness (QED) is 0.417. The van der Waals surface area contributed by atoms with E-state index in [4.69, 9.17) is 13.9 Å². The molecule has 1 aromatic heterocycles. The fraction of sp³-hybridized carbons (Fsp3) is 0.261. The summed E-state index contributed by atoms with van der Waals surface area (Å²) in [5.74, 6) is -1.16. The zero-order chi connectivity index (χ0) is 21.5. The Morgan fingerprint density at radius 3 is 2.43 bits per heavy atom. The van der Waals surface area contributed by atoms with E-state index < -0.39 is 12.6 Å². The van der Waals surface area contributed by atoms with Gasteiger partial charge < -0.3 is 19.2 Å². The molecule has 156 valence electrons. The number of anilines is 1. The third-order valence-corrected chi connectivity index (χ3v) is 4.48. The van der Waals surface area contributed by atoms with Crippen LogP contribution in [0, 0.1) is 0 Å². The molecule has 3 rings (SSSR count). The van der Waals surface area contributed by atoms with Crippen molar-refractivity contribution in [2.45, 2.75) is 26.9 Å². The van der Waals surface area contributed by atoms with Crippen LogP contribution in [0.5, 0.6) is 0 Å². The Bertz CT molecular complexity index is 1050. The van der Waals surface area contributed by atoms with Gasteiger partial charge in [0.05, 0.1) is 6.61 Å². The molecule has 0 saturated heterocycles. The van der Waals surface area contributed by atoms with Gasteiger partial charge in [-0.05, 0) is 37.3 Å². The number of rotatable bonds is 9. The molecule has 0 bridgehead atoms. The first-order chi connectivity index (χ1) is 14.5. The van der Waals surface area contributed by atoms with E-state index in [9.17, 15) is 14.4 Å². The van der Waals surface area contributed by atoms with Crippen LogP contribution in [0.15, 0.2) is 52.9 Å². The van der Waals surface area contributed by atoms with Crippen LogP contribution >= 0.6 is 0 Å². The molecule has 30 heavy (non-hydrogen) atoms. The second-order valence-electron chi connectivity index (χ2n) is 6.52. The Morgan fingerprint density at radius 2 is 1.73 bits per heavy atom. The van der Waals surface area contributed by atoms with E-state index in [2.05, 4.69) is 5.32 Å². The van der Waals surface area contributed by atoms with Crippen molar-refractivity contribution in [3.05, 3.63) is 65.4 Å². The van der Waals surface area contributed by atoms with Crippen molar-refractivity contribution in [1.29, 1.82) is 0 Å². The first kappa shape index (κ1) is 21.3. The number of ketones is 1. The van der Waals surface area contributed by atoms with Crippen molar-refractivity contribution in [1.82, 2.24) is 0 Å². The SMILES string of the molecule is CCOCc1c(C(=O)OCC(=O)c2ccc(NC(=O)CC)cc2)oc2ccccc12. The first-order valence-electron chi connectivity index (χ1n) is 9.71. The maximum Gasteiger partial charge on any atom is 0.375 e. The summed E-state index contributed by atoms with van der Waals surface area (Å²) in [7, 11) is 0. The van der Waals surface area contributed by atoms with Crippen molar-refractivity contribution < 1.29 is 28.3 Å². The average Bonchev–Trinajstić information content (AvgIpc) is 3.14. The van der Waals surface area contributed by atoms with Crippen LogP contribution in [0.3, 0.4) is 0 Å². The molecule has 0 unspecified atom stereocenters. The molecule has 0 aliphatic heterocycles. The zero-order valence-corrected chi connectivity index (χ0v) is 16.9. The number of hydrogen-bond donors (Lipinski definition) is 1. The zero-order valence-electron chi connectivity index (χ0n) is 16.9. The molecule has 0 radical (unpaired) electrons. The van der Waals surface area contributed by atoms with Crippen LogP contribution in [-0.2, 0) is 20.9 Å². The molecule has 7 heteroatoms. The van der Waals surface area contributed by atoms with E-state index in [0.29, 0.717) is 35.4 Å². The lowest BCUT2D eigenvalue weighted by Crippen LogP contribution is -2.15. The Labute approximate surface area is 174 Å². The third kappa shape index (κ3) is 4.93. The number of esters is 1. The second-order valence-corrected chi connectivity index (χ2v) is 6.52. The standard InChI is InChI=1S/C23H23NO6/c1-3-21(26)24-16-11-9-15(10-12-16)19(25)14-29-23(27)22-18(13-28-4-2)17-7-5-6-8-20(17)30-22/h5-12H,3-4,13-14H2,1-2H3,(H,24,26). The van der Waals surface area contributed by atoms with E-state index in [1.807, 2.05) is 25.1 Å². The van der Waals surface area contributed by atoms with Gasteiger partial charge in [-0.15, -0.1) is 0 Å². The lowest BCUT2D eigenvalue weighted by Gasteiger charge is -2.07. The Hall–Kier alpha value is -3.45. The van der Waals surface area contributed by atoms with Gasteiger partial charge in [-0.2, -0.15) is 0 Å². The molecule has 3 aromatic rings. The van der Waals surface area contributed by atoms with Gasteiger partial charge in [0.25, 0.3) is 0 Å². The van der Waals surface area contributed by atoms with E-state index in [0.717, 1.165) is 5.39 Å². The Balaban J connectivity index is 1.68. The highest BCUT2D eigenvalue weighted by atomic mass is 16.5. The predicted molar refractivity (Wildman–Crippen MR) is 112 cm³/mol. The molecule has 2 aromatic carbocycles. The van der Waals surface area contributed by atoms with Crippen LogP contribution in [0.25, 0.3) is 11.0 Å². The molecule has 0 aliphatic carbocycles. The predicted octanol–water partition coefficient (Wildman–Crippen LogP) is 4.36. The number of para-hydroxylation sites is 1. The lowest BCUT2D eigenvalue weighted by molar-refractivity contribution is -0.115. The highest BCUT2D eigenvalue weighted by molar-refractivity contribution is 6.01. The summed E-state index contributed by atoms with van der Waals surface area (Å²) >= 11 is 0. The van der Waals surface area contributed by atoms with Gasteiger partial charge >= 0.3 is 5.97 Å². The first-order valence-corrected chi connectivity index (χ1v) is 9.71. The monoisotopic (exact) mass is 409 g/mol. The van der Waals surface area contributed by atoms with Gasteiger partial charge in [0.15, 0.2) is 12.4 Å². The minimum absolute atomic E-state index is 0.0371. The van der Waals surface area contributed by atoms with Crippen LogP contribution in [0.4, 0.5) is 5.69 Å². The number of Topliss-reactive ketones (excluding diaryl/α,β-unsaturated/α-hetero) is 1.